The van der Waals surface area contributed by atoms with Gasteiger partial charge in [0.05, 0.1) is 0 Å². The molecule has 21 heavy (non-hydrogen) atoms. The van der Waals surface area contributed by atoms with Gasteiger partial charge in [0.15, 0.2) is 0 Å². The highest BCUT2D eigenvalue weighted by molar-refractivity contribution is 5.66. The van der Waals surface area contributed by atoms with E-state index >= 15 is 0 Å². The summed E-state index contributed by atoms with van der Waals surface area (Å²) in [6.45, 7) is 0. The lowest BCUT2D eigenvalue weighted by Gasteiger charge is -2.31. The third-order valence-electron chi connectivity index (χ3n) is 4.50. The molecule has 0 bridgehead atoms. The molecule has 0 aliphatic heterocycles. The fourth-order valence-corrected chi connectivity index (χ4v) is 3.39. The van der Waals surface area contributed by atoms with E-state index in [1.165, 1.54) is 31.2 Å². The topological polar surface area (TPSA) is 37.3 Å². The molecule has 1 aliphatic rings. The Hall–Kier alpha value is -1.57. The Kier molecular flexibility index (Phi) is 6.52. The Bertz CT molecular complexity index is 450. The van der Waals surface area contributed by atoms with E-state index in [1.807, 2.05) is 0 Å². The van der Waals surface area contributed by atoms with Crippen LogP contribution < -0.4 is 0 Å². The first-order chi connectivity index (χ1) is 10.3. The predicted molar refractivity (Wildman–Crippen MR) is 86.4 cm³/mol. The van der Waals surface area contributed by atoms with Crippen LogP contribution in [0.4, 0.5) is 0 Å². The van der Waals surface area contributed by atoms with Gasteiger partial charge in [-0.15, -0.1) is 0 Å². The summed E-state index contributed by atoms with van der Waals surface area (Å²) in [6, 6.07) is 10.9. The second kappa shape index (κ2) is 8.66. The van der Waals surface area contributed by atoms with E-state index in [9.17, 15) is 4.79 Å². The summed E-state index contributed by atoms with van der Waals surface area (Å²) in [7, 11) is 0. The first-order valence-corrected chi connectivity index (χ1v) is 8.19. The number of carboxylic acid groups (broad SMARTS) is 1. The average Bonchev–Trinajstić information content (AvgIpc) is 2.52. The van der Waals surface area contributed by atoms with Crippen LogP contribution in [0, 0.1) is 5.92 Å². The molecular formula is C19H26O2. The molecule has 1 saturated carbocycles. The monoisotopic (exact) mass is 286 g/mol. The molecule has 0 aromatic heterocycles. The maximum atomic E-state index is 10.5. The number of benzene rings is 1. The van der Waals surface area contributed by atoms with Crippen LogP contribution in [0.3, 0.4) is 0 Å². The predicted octanol–water partition coefficient (Wildman–Crippen LogP) is 5.16. The zero-order chi connectivity index (χ0) is 14.9. The lowest BCUT2D eigenvalue weighted by atomic mass is 9.74. The highest BCUT2D eigenvalue weighted by Gasteiger charge is 2.25. The molecule has 1 N–H and O–H groups in total. The molecule has 0 spiro atoms. The van der Waals surface area contributed by atoms with E-state index in [0.717, 1.165) is 25.2 Å². The number of allylic oxidation sites excluding steroid dienone is 2. The van der Waals surface area contributed by atoms with E-state index in [1.54, 1.807) is 0 Å². The van der Waals surface area contributed by atoms with Gasteiger partial charge in [-0.3, -0.25) is 4.79 Å². The Labute approximate surface area is 127 Å². The Morgan fingerprint density at radius 1 is 1.14 bits per heavy atom. The summed E-state index contributed by atoms with van der Waals surface area (Å²) < 4.78 is 0. The fourth-order valence-electron chi connectivity index (χ4n) is 3.39. The zero-order valence-corrected chi connectivity index (χ0v) is 12.7. The van der Waals surface area contributed by atoms with Crippen molar-refractivity contribution in [2.45, 2.75) is 57.3 Å². The first kappa shape index (κ1) is 15.8. The Balaban J connectivity index is 1.82. The van der Waals surface area contributed by atoms with Crippen molar-refractivity contribution < 1.29 is 9.90 Å². The number of rotatable bonds is 7. The largest absolute Gasteiger partial charge is 0.481 e. The fraction of sp³-hybridized carbons (Fsp3) is 0.526. The van der Waals surface area contributed by atoms with Gasteiger partial charge in [-0.05, 0) is 49.5 Å². The molecule has 0 heterocycles. The van der Waals surface area contributed by atoms with Gasteiger partial charge in [0.2, 0.25) is 0 Å². The lowest BCUT2D eigenvalue weighted by Crippen LogP contribution is -2.17. The number of hydrogen-bond donors (Lipinski definition) is 1. The summed E-state index contributed by atoms with van der Waals surface area (Å²) >= 11 is 0. The van der Waals surface area contributed by atoms with Gasteiger partial charge >= 0.3 is 5.97 Å². The smallest absolute Gasteiger partial charge is 0.303 e. The minimum absolute atomic E-state index is 0.278. The second-order valence-electron chi connectivity index (χ2n) is 6.05. The van der Waals surface area contributed by atoms with Crippen molar-refractivity contribution in [3.05, 3.63) is 48.0 Å². The quantitative estimate of drug-likeness (QED) is 0.555. The van der Waals surface area contributed by atoms with E-state index in [2.05, 4.69) is 42.5 Å². The number of unbranched alkanes of at least 4 members (excludes halogenated alkanes) is 1. The van der Waals surface area contributed by atoms with E-state index in [-0.39, 0.29) is 6.42 Å². The standard InChI is InChI=1S/C19H26O2/c20-19(21)15-7-2-1-4-10-17-13-8-9-14-18(17)16-11-5-3-6-12-16/h1,3-6,11-12,17-18H,2,7-10,13-15H2,(H,20,21)/b4-1-/t17-,18-/m1/s1. The first-order valence-electron chi connectivity index (χ1n) is 8.19. The summed E-state index contributed by atoms with van der Waals surface area (Å²) in [5.74, 6) is 0.750. The molecule has 1 aliphatic carbocycles. The van der Waals surface area contributed by atoms with Crippen LogP contribution in [0.25, 0.3) is 0 Å². The van der Waals surface area contributed by atoms with Crippen molar-refractivity contribution >= 4 is 5.97 Å². The SMILES string of the molecule is O=C(O)CCC/C=C\C[C@@H]1CCCC[C@@H]1c1ccccc1. The normalized spacial score (nSPS) is 22.5. The number of aliphatic carboxylic acids is 1. The van der Waals surface area contributed by atoms with Crippen LogP contribution in [0.1, 0.15) is 62.8 Å². The van der Waals surface area contributed by atoms with Gasteiger partial charge in [-0.1, -0.05) is 55.3 Å². The van der Waals surface area contributed by atoms with Crippen LogP contribution in [0.2, 0.25) is 0 Å². The summed E-state index contributed by atoms with van der Waals surface area (Å²) in [4.78, 5) is 10.5. The summed E-state index contributed by atoms with van der Waals surface area (Å²) in [5, 5.41) is 8.61. The molecule has 0 amide bonds. The summed E-state index contributed by atoms with van der Waals surface area (Å²) in [5.41, 5.74) is 1.49. The molecule has 0 unspecified atom stereocenters. The van der Waals surface area contributed by atoms with Crippen molar-refractivity contribution in [1.82, 2.24) is 0 Å². The summed E-state index contributed by atoms with van der Waals surface area (Å²) in [6.07, 6.45) is 12.8. The number of carbonyl (C=O) groups is 1. The number of carboxylic acids is 1. The molecule has 2 heteroatoms. The van der Waals surface area contributed by atoms with Crippen molar-refractivity contribution in [1.29, 1.82) is 0 Å². The minimum Gasteiger partial charge on any atom is -0.481 e. The molecule has 114 valence electrons. The van der Waals surface area contributed by atoms with Gasteiger partial charge in [0, 0.05) is 6.42 Å². The molecular weight excluding hydrogens is 260 g/mol. The van der Waals surface area contributed by atoms with Crippen molar-refractivity contribution in [3.63, 3.8) is 0 Å². The van der Waals surface area contributed by atoms with E-state index in [4.69, 9.17) is 5.11 Å². The van der Waals surface area contributed by atoms with Gasteiger partial charge < -0.3 is 5.11 Å². The molecule has 1 aromatic rings. The van der Waals surface area contributed by atoms with Gasteiger partial charge in [0.1, 0.15) is 0 Å². The lowest BCUT2D eigenvalue weighted by molar-refractivity contribution is -0.137. The third-order valence-corrected chi connectivity index (χ3v) is 4.50. The van der Waals surface area contributed by atoms with Gasteiger partial charge in [-0.25, -0.2) is 0 Å². The van der Waals surface area contributed by atoms with Crippen LogP contribution in [0.15, 0.2) is 42.5 Å². The maximum Gasteiger partial charge on any atom is 0.303 e. The van der Waals surface area contributed by atoms with Crippen LogP contribution in [-0.2, 0) is 4.79 Å². The highest BCUT2D eigenvalue weighted by Crippen LogP contribution is 2.39. The maximum absolute atomic E-state index is 10.5. The molecule has 0 radical (unpaired) electrons. The Morgan fingerprint density at radius 2 is 1.90 bits per heavy atom. The molecule has 1 aromatic carbocycles. The van der Waals surface area contributed by atoms with Gasteiger partial charge in [-0.2, -0.15) is 0 Å². The van der Waals surface area contributed by atoms with Crippen molar-refractivity contribution in [2.24, 2.45) is 5.92 Å². The zero-order valence-electron chi connectivity index (χ0n) is 12.7. The van der Waals surface area contributed by atoms with E-state index < -0.39 is 5.97 Å². The van der Waals surface area contributed by atoms with Crippen LogP contribution in [0.5, 0.6) is 0 Å². The molecule has 2 atom stereocenters. The highest BCUT2D eigenvalue weighted by atomic mass is 16.4. The van der Waals surface area contributed by atoms with Crippen molar-refractivity contribution in [2.75, 3.05) is 0 Å². The molecule has 2 nitrogen and oxygen atoms in total. The van der Waals surface area contributed by atoms with E-state index in [0.29, 0.717) is 5.92 Å². The molecule has 0 saturated heterocycles. The van der Waals surface area contributed by atoms with Crippen molar-refractivity contribution in [3.8, 4) is 0 Å². The molecule has 1 fully saturated rings. The van der Waals surface area contributed by atoms with Gasteiger partial charge in [0.25, 0.3) is 0 Å². The average molecular weight is 286 g/mol. The number of hydrogen-bond acceptors (Lipinski definition) is 1. The minimum atomic E-state index is -0.695. The third kappa shape index (κ3) is 5.37. The Morgan fingerprint density at radius 3 is 2.67 bits per heavy atom. The molecule has 2 rings (SSSR count). The second-order valence-corrected chi connectivity index (χ2v) is 6.05. The van der Waals surface area contributed by atoms with Crippen LogP contribution >= 0.6 is 0 Å². The van der Waals surface area contributed by atoms with Crippen LogP contribution in [-0.4, -0.2) is 11.1 Å².